The first-order chi connectivity index (χ1) is 14.5. The summed E-state index contributed by atoms with van der Waals surface area (Å²) < 4.78 is 21.7. The summed E-state index contributed by atoms with van der Waals surface area (Å²) in [5.74, 6) is 0.319. The Morgan fingerprint density at radius 1 is 0.900 bits per heavy atom. The highest BCUT2D eigenvalue weighted by Crippen LogP contribution is 2.18. The molecule has 0 aliphatic carbocycles. The summed E-state index contributed by atoms with van der Waals surface area (Å²) in [6.45, 7) is 9.37. The number of ether oxygens (including phenoxy) is 4. The summed E-state index contributed by atoms with van der Waals surface area (Å²) in [4.78, 5) is 38.5. The third kappa shape index (κ3) is 8.67. The number of carbonyl (C=O) groups is 3. The fourth-order valence-corrected chi connectivity index (χ4v) is 3.48. The van der Waals surface area contributed by atoms with Crippen molar-refractivity contribution in [3.05, 3.63) is 0 Å². The highest BCUT2D eigenvalue weighted by molar-refractivity contribution is 6.03. The molecule has 2 heterocycles. The summed E-state index contributed by atoms with van der Waals surface area (Å²) in [7, 11) is 0. The molecule has 3 amide bonds. The fourth-order valence-electron chi connectivity index (χ4n) is 3.48. The minimum absolute atomic E-state index is 0.117. The number of likely N-dealkylation sites (tertiary alicyclic amines) is 2. The van der Waals surface area contributed by atoms with Crippen molar-refractivity contribution < 1.29 is 33.3 Å². The maximum Gasteiger partial charge on any atom is 0.232 e. The van der Waals surface area contributed by atoms with Crippen molar-refractivity contribution >= 4 is 17.7 Å². The molecule has 0 aromatic carbocycles. The molecular formula is C21H36N2O7. The van der Waals surface area contributed by atoms with Crippen molar-refractivity contribution in [1.29, 1.82) is 0 Å². The molecule has 9 heteroatoms. The number of rotatable bonds is 15. The number of carbonyl (C=O) groups excluding carboxylic acids is 3. The Balaban J connectivity index is 1.30. The van der Waals surface area contributed by atoms with Crippen LogP contribution in [0.2, 0.25) is 0 Å². The Hall–Kier alpha value is -1.55. The lowest BCUT2D eigenvalue weighted by Gasteiger charge is -2.15. The van der Waals surface area contributed by atoms with Crippen LogP contribution < -0.4 is 0 Å². The van der Waals surface area contributed by atoms with Crippen LogP contribution in [0.5, 0.6) is 0 Å². The topological polar surface area (TPSA) is 94.6 Å². The predicted molar refractivity (Wildman–Crippen MR) is 109 cm³/mol. The number of hydrogen-bond donors (Lipinski definition) is 0. The van der Waals surface area contributed by atoms with Gasteiger partial charge >= 0.3 is 0 Å². The van der Waals surface area contributed by atoms with E-state index >= 15 is 0 Å². The van der Waals surface area contributed by atoms with E-state index in [-0.39, 0.29) is 23.6 Å². The maximum atomic E-state index is 12.0. The Bertz CT molecular complexity index is 557. The van der Waals surface area contributed by atoms with E-state index < -0.39 is 0 Å². The van der Waals surface area contributed by atoms with Crippen LogP contribution in [0.1, 0.15) is 33.1 Å². The highest BCUT2D eigenvalue weighted by atomic mass is 16.6. The maximum absolute atomic E-state index is 12.0. The third-order valence-corrected chi connectivity index (χ3v) is 5.28. The lowest BCUT2D eigenvalue weighted by Crippen LogP contribution is -2.33. The van der Waals surface area contributed by atoms with E-state index in [2.05, 4.69) is 6.92 Å². The summed E-state index contributed by atoms with van der Waals surface area (Å²) in [5, 5.41) is 0. The van der Waals surface area contributed by atoms with Crippen molar-refractivity contribution in [3.63, 3.8) is 0 Å². The van der Waals surface area contributed by atoms with Crippen molar-refractivity contribution in [2.75, 3.05) is 72.5 Å². The van der Waals surface area contributed by atoms with Gasteiger partial charge in [-0.25, -0.2) is 0 Å². The summed E-state index contributed by atoms with van der Waals surface area (Å²) in [6.07, 6.45) is 1.81. The predicted octanol–water partition coefficient (Wildman–Crippen LogP) is 0.706. The Morgan fingerprint density at radius 2 is 1.47 bits per heavy atom. The lowest BCUT2D eigenvalue weighted by atomic mass is 10.1. The van der Waals surface area contributed by atoms with Gasteiger partial charge < -0.3 is 23.8 Å². The average Bonchev–Trinajstić information content (AvgIpc) is 3.25. The van der Waals surface area contributed by atoms with Gasteiger partial charge in [-0.1, -0.05) is 13.8 Å². The van der Waals surface area contributed by atoms with Gasteiger partial charge in [0.25, 0.3) is 0 Å². The van der Waals surface area contributed by atoms with E-state index in [1.807, 2.05) is 4.90 Å². The molecule has 2 aliphatic heterocycles. The van der Waals surface area contributed by atoms with Gasteiger partial charge in [0.1, 0.15) is 0 Å². The van der Waals surface area contributed by atoms with Gasteiger partial charge in [-0.3, -0.25) is 19.3 Å². The van der Waals surface area contributed by atoms with Crippen molar-refractivity contribution in [3.8, 4) is 0 Å². The zero-order valence-electron chi connectivity index (χ0n) is 18.3. The molecule has 9 nitrogen and oxygen atoms in total. The highest BCUT2D eigenvalue weighted by Gasteiger charge is 2.34. The quantitative estimate of drug-likeness (QED) is 0.280. The molecule has 0 unspecified atom stereocenters. The van der Waals surface area contributed by atoms with E-state index in [0.717, 1.165) is 19.5 Å². The monoisotopic (exact) mass is 428 g/mol. The van der Waals surface area contributed by atoms with Crippen LogP contribution >= 0.6 is 0 Å². The molecule has 2 atom stereocenters. The molecule has 0 aromatic rings. The van der Waals surface area contributed by atoms with Crippen LogP contribution in [-0.4, -0.2) is 100 Å². The van der Waals surface area contributed by atoms with Crippen LogP contribution in [0, 0.1) is 11.8 Å². The van der Waals surface area contributed by atoms with Gasteiger partial charge in [0.05, 0.1) is 65.8 Å². The van der Waals surface area contributed by atoms with Crippen molar-refractivity contribution in [2.45, 2.75) is 33.1 Å². The molecule has 2 fully saturated rings. The van der Waals surface area contributed by atoms with E-state index in [1.54, 1.807) is 6.92 Å². The molecule has 2 rings (SSSR count). The van der Waals surface area contributed by atoms with Gasteiger partial charge in [-0.2, -0.15) is 0 Å². The largest absolute Gasteiger partial charge is 0.379 e. The Labute approximate surface area is 178 Å². The molecule has 0 radical (unpaired) electrons. The molecule has 0 aromatic heterocycles. The number of nitrogens with zero attached hydrogens (tertiary/aromatic N) is 2. The smallest absolute Gasteiger partial charge is 0.232 e. The Kier molecular flexibility index (Phi) is 11.3. The van der Waals surface area contributed by atoms with Crippen LogP contribution in [0.15, 0.2) is 0 Å². The van der Waals surface area contributed by atoms with Gasteiger partial charge in [0.15, 0.2) is 0 Å². The second kappa shape index (κ2) is 13.7. The fraction of sp³-hybridized carbons (Fsp3) is 0.857. The average molecular weight is 429 g/mol. The van der Waals surface area contributed by atoms with Crippen molar-refractivity contribution in [2.24, 2.45) is 11.8 Å². The second-order valence-corrected chi connectivity index (χ2v) is 7.92. The first kappa shape index (κ1) is 24.7. The first-order valence-corrected chi connectivity index (χ1v) is 10.9. The Morgan fingerprint density at radius 3 is 1.97 bits per heavy atom. The van der Waals surface area contributed by atoms with Crippen LogP contribution in [0.3, 0.4) is 0 Å². The lowest BCUT2D eigenvalue weighted by molar-refractivity contribution is -0.140. The molecule has 0 bridgehead atoms. The standard InChI is InChI=1S/C21H36N2O7/c1-17-3-5-22(16-17)19(24)4-7-27-9-11-29-13-14-30-12-10-28-8-6-23-20(25)15-18(2)21(23)26/h17-18H,3-16H2,1-2H3/t17-,18+/m1/s1. The van der Waals surface area contributed by atoms with Crippen LogP contribution in [0.25, 0.3) is 0 Å². The summed E-state index contributed by atoms with van der Waals surface area (Å²) >= 11 is 0. The summed E-state index contributed by atoms with van der Waals surface area (Å²) in [6, 6.07) is 0. The minimum atomic E-state index is -0.215. The number of imide groups is 1. The molecule has 0 spiro atoms. The molecule has 172 valence electrons. The molecule has 0 N–H and O–H groups in total. The zero-order valence-corrected chi connectivity index (χ0v) is 18.3. The second-order valence-electron chi connectivity index (χ2n) is 7.92. The number of hydrogen-bond acceptors (Lipinski definition) is 7. The zero-order chi connectivity index (χ0) is 21.8. The van der Waals surface area contributed by atoms with E-state index in [1.165, 1.54) is 4.90 Å². The van der Waals surface area contributed by atoms with Crippen LogP contribution in [0.4, 0.5) is 0 Å². The van der Waals surface area contributed by atoms with E-state index in [0.29, 0.717) is 78.2 Å². The van der Waals surface area contributed by atoms with Crippen LogP contribution in [-0.2, 0) is 33.3 Å². The minimum Gasteiger partial charge on any atom is -0.379 e. The van der Waals surface area contributed by atoms with E-state index in [9.17, 15) is 14.4 Å². The molecule has 2 saturated heterocycles. The third-order valence-electron chi connectivity index (χ3n) is 5.28. The number of amides is 3. The molecular weight excluding hydrogens is 392 g/mol. The SMILES string of the molecule is C[C@@H]1CCN(C(=O)CCOCCOCCOCCOCCN2C(=O)C[C@H](C)C2=O)C1. The van der Waals surface area contributed by atoms with E-state index in [4.69, 9.17) is 18.9 Å². The molecule has 2 aliphatic rings. The van der Waals surface area contributed by atoms with Gasteiger partial charge in [0.2, 0.25) is 17.7 Å². The van der Waals surface area contributed by atoms with Crippen molar-refractivity contribution in [1.82, 2.24) is 9.80 Å². The molecule has 0 saturated carbocycles. The summed E-state index contributed by atoms with van der Waals surface area (Å²) in [5.41, 5.74) is 0. The normalized spacial score (nSPS) is 21.8. The van der Waals surface area contributed by atoms with Gasteiger partial charge in [-0.05, 0) is 12.3 Å². The first-order valence-electron chi connectivity index (χ1n) is 10.9. The molecule has 30 heavy (non-hydrogen) atoms. The van der Waals surface area contributed by atoms with Gasteiger partial charge in [0, 0.05) is 25.4 Å². The van der Waals surface area contributed by atoms with Gasteiger partial charge in [-0.15, -0.1) is 0 Å².